The molecule has 0 aliphatic heterocycles. The number of carbonyl (C=O) groups is 1. The third kappa shape index (κ3) is 19.5. The maximum Gasteiger partial charge on any atom is 0.305 e. The predicted molar refractivity (Wildman–Crippen MR) is 152 cm³/mol. The number of ether oxygens (including phenoxy) is 3. The zero-order chi connectivity index (χ0) is 26.3. The molecule has 3 unspecified atom stereocenters. The monoisotopic (exact) mass is 511 g/mol. The van der Waals surface area contributed by atoms with Gasteiger partial charge in [-0.05, 0) is 51.6 Å². The van der Waals surface area contributed by atoms with Crippen molar-refractivity contribution in [2.75, 3.05) is 47.1 Å². The van der Waals surface area contributed by atoms with Gasteiger partial charge < -0.3 is 19.1 Å². The number of hydrogen-bond donors (Lipinski definition) is 0. The van der Waals surface area contributed by atoms with E-state index in [1.807, 2.05) is 0 Å². The quantitative estimate of drug-likeness (QED) is 0.0831. The van der Waals surface area contributed by atoms with Gasteiger partial charge in [0.25, 0.3) is 0 Å². The van der Waals surface area contributed by atoms with E-state index >= 15 is 0 Å². The minimum absolute atomic E-state index is 0.0173. The summed E-state index contributed by atoms with van der Waals surface area (Å²) < 4.78 is 17.3. The molecule has 0 amide bonds. The molecule has 0 saturated heterocycles. The van der Waals surface area contributed by atoms with Crippen molar-refractivity contribution in [1.29, 1.82) is 0 Å². The molecule has 0 radical (unpaired) electrons. The Hall–Kier alpha value is -0.650. The van der Waals surface area contributed by atoms with E-state index in [1.165, 1.54) is 83.5 Å². The molecule has 0 aromatic carbocycles. The van der Waals surface area contributed by atoms with E-state index in [0.717, 1.165) is 51.4 Å². The standard InChI is InChI=1S/C31H61NO4/c1-5-7-9-11-13-16-20-28-24-29(28)25-36-31(33)21-17-15-19-23-35-27-30(32(3)4)26-34-22-18-14-12-10-8-6-2/h28-30H,5-27H2,1-4H3. The molecule has 1 saturated carbocycles. The zero-order valence-corrected chi connectivity index (χ0v) is 24.6. The number of nitrogens with zero attached hydrogens (tertiary/aromatic N) is 1. The van der Waals surface area contributed by atoms with E-state index < -0.39 is 0 Å². The van der Waals surface area contributed by atoms with Crippen molar-refractivity contribution in [3.05, 3.63) is 0 Å². The molecule has 5 nitrogen and oxygen atoms in total. The maximum atomic E-state index is 12.0. The number of hydrogen-bond acceptors (Lipinski definition) is 5. The minimum atomic E-state index is -0.0173. The Morgan fingerprint density at radius 2 is 1.25 bits per heavy atom. The summed E-state index contributed by atoms with van der Waals surface area (Å²) >= 11 is 0. The van der Waals surface area contributed by atoms with Crippen LogP contribution in [0.2, 0.25) is 0 Å². The molecular formula is C31H61NO4. The van der Waals surface area contributed by atoms with Gasteiger partial charge in [0.1, 0.15) is 0 Å². The van der Waals surface area contributed by atoms with E-state index in [9.17, 15) is 4.79 Å². The number of rotatable bonds is 27. The van der Waals surface area contributed by atoms with Crippen LogP contribution in [-0.2, 0) is 19.0 Å². The number of unbranched alkanes of at least 4 members (excludes halogenated alkanes) is 12. The van der Waals surface area contributed by atoms with Crippen molar-refractivity contribution in [2.24, 2.45) is 11.8 Å². The number of likely N-dealkylation sites (N-methyl/N-ethyl adjacent to an activating group) is 1. The molecule has 5 heteroatoms. The molecule has 0 heterocycles. The third-order valence-electron chi connectivity index (χ3n) is 7.62. The average Bonchev–Trinajstić information content (AvgIpc) is 3.62. The van der Waals surface area contributed by atoms with Crippen LogP contribution in [0.1, 0.15) is 129 Å². The second-order valence-electron chi connectivity index (χ2n) is 11.3. The highest BCUT2D eigenvalue weighted by Gasteiger charge is 2.37. The maximum absolute atomic E-state index is 12.0. The lowest BCUT2D eigenvalue weighted by molar-refractivity contribution is -0.144. The summed E-state index contributed by atoms with van der Waals surface area (Å²) in [6.07, 6.45) is 22.0. The molecule has 36 heavy (non-hydrogen) atoms. The first-order valence-corrected chi connectivity index (χ1v) is 15.6. The van der Waals surface area contributed by atoms with Crippen LogP contribution < -0.4 is 0 Å². The lowest BCUT2D eigenvalue weighted by atomic mass is 10.1. The molecule has 214 valence electrons. The first-order chi connectivity index (χ1) is 17.6. The van der Waals surface area contributed by atoms with Crippen molar-refractivity contribution in [3.8, 4) is 0 Å². The fourth-order valence-corrected chi connectivity index (χ4v) is 4.75. The molecule has 1 aliphatic rings. The molecule has 1 rings (SSSR count). The smallest absolute Gasteiger partial charge is 0.305 e. The van der Waals surface area contributed by atoms with Gasteiger partial charge >= 0.3 is 5.97 Å². The topological polar surface area (TPSA) is 48.0 Å². The van der Waals surface area contributed by atoms with Crippen LogP contribution in [0.3, 0.4) is 0 Å². The SMILES string of the molecule is CCCCCCCCOCC(COCCCCCC(=O)OCC1CC1CCCCCCCC)N(C)C. The fourth-order valence-electron chi connectivity index (χ4n) is 4.75. The molecule has 3 atom stereocenters. The molecule has 0 aromatic rings. The van der Waals surface area contributed by atoms with Crippen molar-refractivity contribution in [1.82, 2.24) is 4.90 Å². The van der Waals surface area contributed by atoms with Gasteiger partial charge in [-0.1, -0.05) is 97.3 Å². The summed E-state index contributed by atoms with van der Waals surface area (Å²) in [4.78, 5) is 14.2. The van der Waals surface area contributed by atoms with E-state index in [2.05, 4.69) is 32.8 Å². The summed E-state index contributed by atoms with van der Waals surface area (Å²) in [5.74, 6) is 1.43. The van der Waals surface area contributed by atoms with Crippen LogP contribution in [0.25, 0.3) is 0 Å². The molecule has 1 aliphatic carbocycles. The Morgan fingerprint density at radius 3 is 1.83 bits per heavy atom. The van der Waals surface area contributed by atoms with Gasteiger partial charge in [0, 0.05) is 19.6 Å². The lowest BCUT2D eigenvalue weighted by Crippen LogP contribution is -2.37. The summed E-state index contributed by atoms with van der Waals surface area (Å²) in [5.41, 5.74) is 0. The fraction of sp³-hybridized carbons (Fsp3) is 0.968. The highest BCUT2D eigenvalue weighted by Crippen LogP contribution is 2.42. The van der Waals surface area contributed by atoms with Crippen LogP contribution >= 0.6 is 0 Å². The summed E-state index contributed by atoms with van der Waals surface area (Å²) in [7, 11) is 4.18. The lowest BCUT2D eigenvalue weighted by Gasteiger charge is -2.24. The summed E-state index contributed by atoms with van der Waals surface area (Å²) in [6, 6.07) is 0.298. The van der Waals surface area contributed by atoms with E-state index in [4.69, 9.17) is 14.2 Å². The average molecular weight is 512 g/mol. The highest BCUT2D eigenvalue weighted by atomic mass is 16.5. The Bertz CT molecular complexity index is 499. The number of esters is 1. The predicted octanol–water partition coefficient (Wildman–Crippen LogP) is 7.80. The van der Waals surface area contributed by atoms with Gasteiger partial charge in [0.15, 0.2) is 0 Å². The Morgan fingerprint density at radius 1 is 0.722 bits per heavy atom. The van der Waals surface area contributed by atoms with E-state index in [0.29, 0.717) is 31.6 Å². The summed E-state index contributed by atoms with van der Waals surface area (Å²) in [5, 5.41) is 0. The number of carbonyl (C=O) groups excluding carboxylic acids is 1. The first kappa shape index (κ1) is 33.4. The highest BCUT2D eigenvalue weighted by molar-refractivity contribution is 5.69. The molecule has 1 fully saturated rings. The van der Waals surface area contributed by atoms with Gasteiger partial charge in [0.05, 0.1) is 25.9 Å². The molecule has 0 spiro atoms. The van der Waals surface area contributed by atoms with Gasteiger partial charge in [-0.3, -0.25) is 4.79 Å². The van der Waals surface area contributed by atoms with Crippen LogP contribution in [0.5, 0.6) is 0 Å². The van der Waals surface area contributed by atoms with Gasteiger partial charge in [-0.2, -0.15) is 0 Å². The normalized spacial score (nSPS) is 18.0. The van der Waals surface area contributed by atoms with Crippen molar-refractivity contribution >= 4 is 5.97 Å². The Balaban J connectivity index is 1.90. The van der Waals surface area contributed by atoms with Gasteiger partial charge in [-0.15, -0.1) is 0 Å². The first-order valence-electron chi connectivity index (χ1n) is 15.6. The molecule has 0 aromatic heterocycles. The largest absolute Gasteiger partial charge is 0.465 e. The molecule has 0 bridgehead atoms. The zero-order valence-electron chi connectivity index (χ0n) is 24.6. The Kier molecular flexibility index (Phi) is 21.8. The second kappa shape index (κ2) is 23.5. The second-order valence-corrected chi connectivity index (χ2v) is 11.3. The minimum Gasteiger partial charge on any atom is -0.465 e. The summed E-state index contributed by atoms with van der Waals surface area (Å²) in [6.45, 7) is 8.20. The third-order valence-corrected chi connectivity index (χ3v) is 7.62. The van der Waals surface area contributed by atoms with Crippen molar-refractivity contribution < 1.29 is 19.0 Å². The van der Waals surface area contributed by atoms with Crippen LogP contribution in [0, 0.1) is 11.8 Å². The van der Waals surface area contributed by atoms with Gasteiger partial charge in [-0.25, -0.2) is 0 Å². The van der Waals surface area contributed by atoms with Crippen LogP contribution in [0.15, 0.2) is 0 Å². The van der Waals surface area contributed by atoms with Crippen molar-refractivity contribution in [2.45, 2.75) is 135 Å². The Labute approximate surface area is 224 Å². The molecular weight excluding hydrogens is 450 g/mol. The van der Waals surface area contributed by atoms with E-state index in [-0.39, 0.29) is 5.97 Å². The van der Waals surface area contributed by atoms with Gasteiger partial charge in [0.2, 0.25) is 0 Å². The van der Waals surface area contributed by atoms with Crippen molar-refractivity contribution in [3.63, 3.8) is 0 Å². The molecule has 0 N–H and O–H groups in total. The van der Waals surface area contributed by atoms with Crippen LogP contribution in [0.4, 0.5) is 0 Å². The van der Waals surface area contributed by atoms with E-state index in [1.54, 1.807) is 0 Å². The van der Waals surface area contributed by atoms with Crippen LogP contribution in [-0.4, -0.2) is 64.0 Å².